The Morgan fingerprint density at radius 2 is 1.23 bits per heavy atom. The number of unbranched alkanes of at least 4 members (excludes halogenated alkanes) is 20. The van der Waals surface area contributed by atoms with Crippen LogP contribution in [-0.4, -0.2) is 80.4 Å². The minimum absolute atomic E-state index is 0.00295. The summed E-state index contributed by atoms with van der Waals surface area (Å²) in [6, 6.07) is -1.20. The molecule has 4 atom stereocenters. The number of nitrogens with two attached hydrogens (primary N) is 1. The summed E-state index contributed by atoms with van der Waals surface area (Å²) in [7, 11) is -4.92. The van der Waals surface area contributed by atoms with Gasteiger partial charge in [-0.2, -0.15) is 0 Å². The van der Waals surface area contributed by atoms with Crippen LogP contribution in [0.25, 0.3) is 0 Å². The molecule has 0 aliphatic carbocycles. The monoisotopic (exact) mass is 944 g/mol. The largest absolute Gasteiger partial charge is 0.481 e. The van der Waals surface area contributed by atoms with Gasteiger partial charge in [0.2, 0.25) is 0 Å². The number of phosphoric acid groups is 1. The molecular formula is C50H90NO11PS. The van der Waals surface area contributed by atoms with Crippen molar-refractivity contribution in [2.24, 2.45) is 11.7 Å². The maximum atomic E-state index is 13.0. The van der Waals surface area contributed by atoms with Gasteiger partial charge in [0.05, 0.1) is 12.7 Å². The van der Waals surface area contributed by atoms with Gasteiger partial charge in [-0.05, 0) is 44.4 Å². The highest BCUT2D eigenvalue weighted by atomic mass is 32.2. The van der Waals surface area contributed by atoms with Gasteiger partial charge in [0.1, 0.15) is 12.6 Å². The van der Waals surface area contributed by atoms with Gasteiger partial charge < -0.3 is 35.2 Å². The summed E-state index contributed by atoms with van der Waals surface area (Å²) in [5.74, 6) is -1.54. The van der Waals surface area contributed by atoms with Gasteiger partial charge in [0.15, 0.2) is 6.10 Å². The number of phosphoric ester groups is 1. The lowest BCUT2D eigenvalue weighted by molar-refractivity contribution is -0.161. The molecule has 0 aromatic heterocycles. The Bertz CT molecular complexity index is 1320. The molecule has 12 nitrogen and oxygen atoms in total. The molecule has 0 rings (SSSR count). The summed E-state index contributed by atoms with van der Waals surface area (Å²) in [5.41, 5.74) is 6.14. The number of esters is 2. The number of aliphatic hydroxyl groups excluding tert-OH is 1. The van der Waals surface area contributed by atoms with Crippen molar-refractivity contribution in [1.82, 2.24) is 0 Å². The second kappa shape index (κ2) is 43.3. The molecule has 0 unspecified atom stereocenters. The van der Waals surface area contributed by atoms with Gasteiger partial charge in [-0.15, -0.1) is 11.8 Å². The zero-order valence-electron chi connectivity index (χ0n) is 40.0. The van der Waals surface area contributed by atoms with E-state index >= 15 is 0 Å². The summed E-state index contributed by atoms with van der Waals surface area (Å²) in [4.78, 5) is 55.0. The van der Waals surface area contributed by atoms with Crippen LogP contribution in [0.3, 0.4) is 0 Å². The van der Waals surface area contributed by atoms with Crippen LogP contribution in [0, 0.1) is 5.92 Å². The number of carboxylic acids is 1. The van der Waals surface area contributed by atoms with Crippen molar-refractivity contribution in [1.29, 1.82) is 0 Å². The topological polar surface area (TPSA) is 203 Å². The van der Waals surface area contributed by atoms with Crippen molar-refractivity contribution in [3.05, 3.63) is 48.6 Å². The third-order valence-electron chi connectivity index (χ3n) is 10.8. The number of hydrogen-bond acceptors (Lipinski definition) is 10. The molecule has 64 heavy (non-hydrogen) atoms. The number of carboxylic acid groups (broad SMARTS) is 1. The molecule has 0 radical (unpaired) electrons. The van der Waals surface area contributed by atoms with Crippen LogP contribution >= 0.6 is 19.6 Å². The number of hydrogen-bond donors (Lipinski definition) is 5. The molecule has 14 heteroatoms. The van der Waals surface area contributed by atoms with Gasteiger partial charge in [0.25, 0.3) is 0 Å². The Labute approximate surface area is 392 Å². The molecule has 372 valence electrons. The molecule has 6 N–H and O–H groups in total. The lowest BCUT2D eigenvalue weighted by Crippen LogP contribution is -2.40. The van der Waals surface area contributed by atoms with E-state index in [9.17, 15) is 33.8 Å². The second-order valence-corrected chi connectivity index (χ2v) is 19.9. The van der Waals surface area contributed by atoms with Crippen molar-refractivity contribution in [2.75, 3.05) is 19.0 Å². The number of allylic oxidation sites excluding steroid dienone is 7. The molecule has 0 aromatic rings. The van der Waals surface area contributed by atoms with Crippen molar-refractivity contribution < 1.29 is 52.9 Å². The SMILES string of the molecule is CCCCC/C=C\C\C=C/C=C/C=C/[C@@H](SC[C@H](N)C(=O)O[C@H](COC(=O)CCCCCCCCCCCCCCCCCCCCC(C)C)COP(=O)(O)O)[C@@H](O)CCCC(=O)O. The predicted octanol–water partition coefficient (Wildman–Crippen LogP) is 12.2. The van der Waals surface area contributed by atoms with E-state index in [1.165, 1.54) is 127 Å². The van der Waals surface area contributed by atoms with E-state index in [1.807, 2.05) is 24.3 Å². The van der Waals surface area contributed by atoms with Crippen LogP contribution in [0.4, 0.5) is 0 Å². The fourth-order valence-corrected chi connectivity index (χ4v) is 8.41. The fraction of sp³-hybridized carbons (Fsp3) is 0.780. The average Bonchev–Trinajstić information content (AvgIpc) is 3.24. The molecule has 0 bridgehead atoms. The first kappa shape index (κ1) is 61.8. The first-order valence-electron chi connectivity index (χ1n) is 24.7. The van der Waals surface area contributed by atoms with E-state index in [0.29, 0.717) is 6.42 Å². The van der Waals surface area contributed by atoms with Gasteiger partial charge in [0, 0.05) is 23.8 Å². The summed E-state index contributed by atoms with van der Waals surface area (Å²) in [6.07, 6.45) is 43.1. The van der Waals surface area contributed by atoms with E-state index in [1.54, 1.807) is 12.2 Å². The maximum Gasteiger partial charge on any atom is 0.469 e. The average molecular weight is 944 g/mol. The number of carbonyl (C=O) groups is 3. The van der Waals surface area contributed by atoms with E-state index in [0.717, 1.165) is 38.0 Å². The molecule has 0 saturated carbocycles. The van der Waals surface area contributed by atoms with E-state index in [4.69, 9.17) is 20.3 Å². The van der Waals surface area contributed by atoms with Crippen LogP contribution in [0.1, 0.15) is 201 Å². The minimum atomic E-state index is -4.92. The van der Waals surface area contributed by atoms with E-state index in [-0.39, 0.29) is 31.4 Å². The molecule has 0 aromatic carbocycles. The van der Waals surface area contributed by atoms with Crippen LogP contribution < -0.4 is 5.73 Å². The fourth-order valence-electron chi connectivity index (χ4n) is 6.92. The summed E-state index contributed by atoms with van der Waals surface area (Å²) in [5, 5.41) is 19.4. The highest BCUT2D eigenvalue weighted by Gasteiger charge is 2.27. The molecule has 0 heterocycles. The third kappa shape index (κ3) is 43.6. The Balaban J connectivity index is 4.61. The van der Waals surface area contributed by atoms with Crippen molar-refractivity contribution >= 4 is 37.5 Å². The Morgan fingerprint density at radius 1 is 0.672 bits per heavy atom. The number of carbonyl (C=O) groups excluding carboxylic acids is 2. The molecule has 0 saturated heterocycles. The van der Waals surface area contributed by atoms with Gasteiger partial charge in [-0.1, -0.05) is 198 Å². The number of aliphatic carboxylic acids is 1. The van der Waals surface area contributed by atoms with Gasteiger partial charge in [-0.25, -0.2) is 4.57 Å². The molecule has 0 aliphatic rings. The number of thioether (sulfide) groups is 1. The lowest BCUT2D eigenvalue weighted by Gasteiger charge is -2.23. The van der Waals surface area contributed by atoms with Gasteiger partial charge in [-0.3, -0.25) is 18.9 Å². The zero-order chi connectivity index (χ0) is 47.5. The Hall–Kier alpha value is -2.25. The molecule has 0 fully saturated rings. The minimum Gasteiger partial charge on any atom is -0.481 e. The predicted molar refractivity (Wildman–Crippen MR) is 263 cm³/mol. The highest BCUT2D eigenvalue weighted by molar-refractivity contribution is 8.00. The van der Waals surface area contributed by atoms with Crippen molar-refractivity contribution in [3.63, 3.8) is 0 Å². The van der Waals surface area contributed by atoms with Crippen LogP contribution in [0.5, 0.6) is 0 Å². The molecule has 0 aliphatic heterocycles. The summed E-state index contributed by atoms with van der Waals surface area (Å²) < 4.78 is 26.6. The highest BCUT2D eigenvalue weighted by Crippen LogP contribution is 2.36. The van der Waals surface area contributed by atoms with Crippen LogP contribution in [-0.2, 0) is 32.9 Å². The Morgan fingerprint density at radius 3 is 1.78 bits per heavy atom. The second-order valence-electron chi connectivity index (χ2n) is 17.5. The first-order valence-corrected chi connectivity index (χ1v) is 27.3. The standard InChI is InChI=1S/C50H90NO11PS/c1-4-5-6-7-8-9-10-20-23-26-29-32-37-47(46(52)36-34-38-48(53)54)64-42-45(51)50(56)62-44(41-61-63(57,58)59)40-60-49(55)39-33-30-27-24-21-18-16-14-12-11-13-15-17-19-22-25-28-31-35-43(2)3/h8-9,20,23,26,29,32,37,43-47,52H,4-7,10-19,21-22,24-25,27-28,30-31,33-36,38-42,51H2,1-3H3,(H,53,54)(H2,57,58,59)/b9-8-,23-20-,29-26+,37-32+/t44-,45+,46+,47-/m1/s1. The van der Waals surface area contributed by atoms with Crippen LogP contribution in [0.15, 0.2) is 48.6 Å². The quantitative estimate of drug-likeness (QED) is 0.0127. The lowest BCUT2D eigenvalue weighted by atomic mass is 10.0. The molecule has 0 amide bonds. The molecular weight excluding hydrogens is 854 g/mol. The molecule has 0 spiro atoms. The first-order chi connectivity index (χ1) is 30.7. The van der Waals surface area contributed by atoms with Crippen LogP contribution in [0.2, 0.25) is 0 Å². The summed E-state index contributed by atoms with van der Waals surface area (Å²) >= 11 is 1.18. The van der Waals surface area contributed by atoms with E-state index in [2.05, 4.69) is 37.4 Å². The number of rotatable bonds is 45. The maximum absolute atomic E-state index is 13.0. The van der Waals surface area contributed by atoms with Crippen molar-refractivity contribution in [2.45, 2.75) is 224 Å². The zero-order valence-corrected chi connectivity index (χ0v) is 41.7. The summed E-state index contributed by atoms with van der Waals surface area (Å²) in [6.45, 7) is 5.61. The number of ether oxygens (including phenoxy) is 2. The van der Waals surface area contributed by atoms with Gasteiger partial charge >= 0.3 is 25.7 Å². The Kier molecular flexibility index (Phi) is 41.8. The van der Waals surface area contributed by atoms with Crippen molar-refractivity contribution in [3.8, 4) is 0 Å². The normalized spacial score (nSPS) is 14.3. The third-order valence-corrected chi connectivity index (χ3v) is 12.7. The van der Waals surface area contributed by atoms with E-state index < -0.39 is 62.4 Å². The smallest absolute Gasteiger partial charge is 0.469 e. The number of aliphatic hydroxyl groups is 1.